The summed E-state index contributed by atoms with van der Waals surface area (Å²) in [6, 6.07) is 0.733. The Morgan fingerprint density at radius 2 is 1.59 bits per heavy atom. The molecular weight excluding hydrogens is 208 g/mol. The highest BCUT2D eigenvalue weighted by Gasteiger charge is 2.12. The van der Waals surface area contributed by atoms with E-state index in [2.05, 4.69) is 51.8 Å². The van der Waals surface area contributed by atoms with Crippen LogP contribution in [0.4, 0.5) is 0 Å². The Morgan fingerprint density at radius 3 is 2.00 bits per heavy atom. The third kappa shape index (κ3) is 9.61. The summed E-state index contributed by atoms with van der Waals surface area (Å²) in [5.74, 6) is 0. The summed E-state index contributed by atoms with van der Waals surface area (Å²) in [5.41, 5.74) is 0.260. The van der Waals surface area contributed by atoms with Crippen molar-refractivity contribution >= 4 is 0 Å². The molecule has 0 rings (SSSR count). The molecule has 0 saturated heterocycles. The van der Waals surface area contributed by atoms with E-state index in [0.29, 0.717) is 0 Å². The van der Waals surface area contributed by atoms with Crippen LogP contribution in [0.5, 0.6) is 0 Å². The first kappa shape index (κ1) is 16.9. The number of nitrogens with one attached hydrogen (secondary N) is 1. The molecule has 0 aliphatic carbocycles. The van der Waals surface area contributed by atoms with Crippen molar-refractivity contribution in [3.63, 3.8) is 0 Å². The second-order valence-electron chi connectivity index (χ2n) is 6.20. The highest BCUT2D eigenvalue weighted by Crippen LogP contribution is 2.08. The van der Waals surface area contributed by atoms with Gasteiger partial charge in [0.05, 0.1) is 0 Å². The molecule has 17 heavy (non-hydrogen) atoms. The monoisotopic (exact) mass is 242 g/mol. The number of hydrogen-bond acceptors (Lipinski definition) is 2. The van der Waals surface area contributed by atoms with Crippen LogP contribution in [0.1, 0.15) is 67.2 Å². The molecule has 0 aromatic rings. The fourth-order valence-corrected chi connectivity index (χ4v) is 2.17. The number of rotatable bonds is 9. The molecular formula is C15H34N2. The molecule has 104 valence electrons. The molecule has 1 unspecified atom stereocenters. The maximum atomic E-state index is 3.56. The van der Waals surface area contributed by atoms with Crippen molar-refractivity contribution < 1.29 is 0 Å². The summed E-state index contributed by atoms with van der Waals surface area (Å²) in [6.45, 7) is 17.3. The van der Waals surface area contributed by atoms with E-state index < -0.39 is 0 Å². The second-order valence-corrected chi connectivity index (χ2v) is 6.20. The molecule has 0 fully saturated rings. The minimum Gasteiger partial charge on any atom is -0.312 e. The van der Waals surface area contributed by atoms with Gasteiger partial charge in [-0.3, -0.25) is 0 Å². The van der Waals surface area contributed by atoms with E-state index in [4.69, 9.17) is 0 Å². The van der Waals surface area contributed by atoms with E-state index in [9.17, 15) is 0 Å². The summed E-state index contributed by atoms with van der Waals surface area (Å²) in [5, 5.41) is 3.56. The summed E-state index contributed by atoms with van der Waals surface area (Å²) in [6.07, 6.45) is 5.13. The molecule has 0 aromatic heterocycles. The summed E-state index contributed by atoms with van der Waals surface area (Å²) >= 11 is 0. The summed E-state index contributed by atoms with van der Waals surface area (Å²) < 4.78 is 0. The van der Waals surface area contributed by atoms with Crippen LogP contribution < -0.4 is 5.32 Å². The smallest absolute Gasteiger partial charge is 0.00965 e. The Labute approximate surface area is 109 Å². The van der Waals surface area contributed by atoms with Crippen LogP contribution in [-0.4, -0.2) is 36.1 Å². The molecule has 0 bridgehead atoms. The third-order valence-corrected chi connectivity index (χ3v) is 3.10. The lowest BCUT2D eigenvalue weighted by atomic mass is 10.1. The van der Waals surface area contributed by atoms with Gasteiger partial charge < -0.3 is 10.2 Å². The largest absolute Gasteiger partial charge is 0.312 e. The number of hydrogen-bond donors (Lipinski definition) is 1. The van der Waals surface area contributed by atoms with Crippen LogP contribution in [0.15, 0.2) is 0 Å². The van der Waals surface area contributed by atoms with Gasteiger partial charge in [-0.1, -0.05) is 13.8 Å². The Balaban J connectivity index is 3.77. The minimum absolute atomic E-state index is 0.260. The van der Waals surface area contributed by atoms with E-state index in [-0.39, 0.29) is 5.54 Å². The van der Waals surface area contributed by atoms with Crippen molar-refractivity contribution in [3.8, 4) is 0 Å². The normalized spacial score (nSPS) is 14.3. The molecule has 0 aliphatic rings. The zero-order valence-electron chi connectivity index (χ0n) is 13.0. The molecule has 0 spiro atoms. The van der Waals surface area contributed by atoms with Gasteiger partial charge in [0.1, 0.15) is 0 Å². The predicted octanol–water partition coefficient (Wildman–Crippen LogP) is 3.67. The third-order valence-electron chi connectivity index (χ3n) is 3.10. The Hall–Kier alpha value is -0.0800. The standard InChI is InChI=1S/C15H34N2/c1-7-12-17(13-8-2)14(3)10-9-11-16-15(4,5)6/h14,16H,7-13H2,1-6H3. The first-order valence-corrected chi connectivity index (χ1v) is 7.39. The molecule has 0 amide bonds. The molecule has 2 heteroatoms. The first-order chi connectivity index (χ1) is 7.90. The van der Waals surface area contributed by atoms with Crippen molar-refractivity contribution in [1.29, 1.82) is 0 Å². The van der Waals surface area contributed by atoms with Gasteiger partial charge in [0.2, 0.25) is 0 Å². The van der Waals surface area contributed by atoms with Gasteiger partial charge >= 0.3 is 0 Å². The molecule has 0 heterocycles. The van der Waals surface area contributed by atoms with E-state index in [1.807, 2.05) is 0 Å². The first-order valence-electron chi connectivity index (χ1n) is 7.39. The van der Waals surface area contributed by atoms with E-state index in [1.165, 1.54) is 38.8 Å². The molecule has 1 N–H and O–H groups in total. The second kappa shape index (κ2) is 8.93. The SMILES string of the molecule is CCCN(CCC)C(C)CCCNC(C)(C)C. The van der Waals surface area contributed by atoms with Crippen LogP contribution in [0, 0.1) is 0 Å². The van der Waals surface area contributed by atoms with Gasteiger partial charge in [0, 0.05) is 11.6 Å². The highest BCUT2D eigenvalue weighted by molar-refractivity contribution is 4.72. The van der Waals surface area contributed by atoms with Crippen LogP contribution in [0.25, 0.3) is 0 Å². The molecule has 1 atom stereocenters. The Bertz CT molecular complexity index is 166. The maximum Gasteiger partial charge on any atom is 0.00965 e. The fraction of sp³-hybridized carbons (Fsp3) is 1.00. The quantitative estimate of drug-likeness (QED) is 0.621. The van der Waals surface area contributed by atoms with E-state index >= 15 is 0 Å². The van der Waals surface area contributed by atoms with Gasteiger partial charge in [0.15, 0.2) is 0 Å². The Morgan fingerprint density at radius 1 is 1.06 bits per heavy atom. The van der Waals surface area contributed by atoms with Gasteiger partial charge in [-0.25, -0.2) is 0 Å². The minimum atomic E-state index is 0.260. The van der Waals surface area contributed by atoms with Crippen LogP contribution in [0.3, 0.4) is 0 Å². The van der Waals surface area contributed by atoms with Gasteiger partial charge in [0.25, 0.3) is 0 Å². The molecule has 0 radical (unpaired) electrons. The van der Waals surface area contributed by atoms with E-state index in [1.54, 1.807) is 0 Å². The van der Waals surface area contributed by atoms with E-state index in [0.717, 1.165) is 12.6 Å². The molecule has 2 nitrogen and oxygen atoms in total. The van der Waals surface area contributed by atoms with Crippen molar-refractivity contribution in [2.75, 3.05) is 19.6 Å². The van der Waals surface area contributed by atoms with Crippen LogP contribution in [0.2, 0.25) is 0 Å². The van der Waals surface area contributed by atoms with Crippen LogP contribution in [-0.2, 0) is 0 Å². The van der Waals surface area contributed by atoms with Gasteiger partial charge in [-0.15, -0.1) is 0 Å². The van der Waals surface area contributed by atoms with Crippen molar-refractivity contribution in [3.05, 3.63) is 0 Å². The summed E-state index contributed by atoms with van der Waals surface area (Å²) in [7, 11) is 0. The lowest BCUT2D eigenvalue weighted by molar-refractivity contribution is 0.196. The van der Waals surface area contributed by atoms with Crippen molar-refractivity contribution in [2.24, 2.45) is 0 Å². The Kier molecular flexibility index (Phi) is 8.89. The van der Waals surface area contributed by atoms with Gasteiger partial charge in [-0.2, -0.15) is 0 Å². The lowest BCUT2D eigenvalue weighted by Crippen LogP contribution is -2.38. The predicted molar refractivity (Wildman–Crippen MR) is 78.6 cm³/mol. The van der Waals surface area contributed by atoms with Crippen molar-refractivity contribution in [2.45, 2.75) is 78.8 Å². The highest BCUT2D eigenvalue weighted by atomic mass is 15.1. The number of nitrogens with zero attached hydrogens (tertiary/aromatic N) is 1. The molecule has 0 aliphatic heterocycles. The fourth-order valence-electron chi connectivity index (χ4n) is 2.17. The zero-order valence-corrected chi connectivity index (χ0v) is 13.0. The lowest BCUT2D eigenvalue weighted by Gasteiger charge is -2.29. The van der Waals surface area contributed by atoms with Crippen LogP contribution >= 0.6 is 0 Å². The average molecular weight is 242 g/mol. The summed E-state index contributed by atoms with van der Waals surface area (Å²) in [4.78, 5) is 2.64. The average Bonchev–Trinajstić information content (AvgIpc) is 2.22. The molecule has 0 saturated carbocycles. The zero-order chi connectivity index (χ0) is 13.3. The topological polar surface area (TPSA) is 15.3 Å². The molecule has 0 aromatic carbocycles. The van der Waals surface area contributed by atoms with Crippen molar-refractivity contribution in [1.82, 2.24) is 10.2 Å². The maximum absolute atomic E-state index is 3.56. The van der Waals surface area contributed by atoms with Gasteiger partial charge in [-0.05, 0) is 73.0 Å².